The predicted octanol–water partition coefficient (Wildman–Crippen LogP) is 5.06. The molecule has 224 valence electrons. The molecule has 0 spiro atoms. The number of ether oxygens (including phenoxy) is 1. The Kier molecular flexibility index (Phi) is 9.77. The van der Waals surface area contributed by atoms with Crippen molar-refractivity contribution in [3.63, 3.8) is 0 Å². The molecule has 1 heterocycles. The second-order valence-corrected chi connectivity index (χ2v) is 12.1. The van der Waals surface area contributed by atoms with Crippen LogP contribution < -0.4 is 15.8 Å². The van der Waals surface area contributed by atoms with Gasteiger partial charge in [-0.25, -0.2) is 8.42 Å². The Morgan fingerprint density at radius 3 is 2.51 bits per heavy atom. The van der Waals surface area contributed by atoms with E-state index in [9.17, 15) is 22.8 Å². The number of hydrogen-bond acceptors (Lipinski definition) is 8. The first kappa shape index (κ1) is 31.2. The standard InChI is InChI=1S/C32H34N4O6S/c1-21-16-26(43(40,41)25-13-8-10-22(17-25)32(39)36(2)14-6-4-5-7-15-37)19-27-29(21)34-20-28(31(33)38)30(27)35-23-11-9-12-24(18-23)42-3/h8-13,15-20H,4-7,14H2,1-3H3,(H2,33,38)(H,34,35). The molecule has 0 aliphatic carbocycles. The monoisotopic (exact) mass is 602 g/mol. The van der Waals surface area contributed by atoms with Crippen LogP contribution in [-0.4, -0.2) is 57.1 Å². The Morgan fingerprint density at radius 2 is 1.79 bits per heavy atom. The molecule has 0 fully saturated rings. The topological polar surface area (TPSA) is 149 Å². The summed E-state index contributed by atoms with van der Waals surface area (Å²) in [5.74, 6) is -0.451. The summed E-state index contributed by atoms with van der Waals surface area (Å²) in [4.78, 5) is 41.8. The van der Waals surface area contributed by atoms with Gasteiger partial charge in [-0.05, 0) is 67.8 Å². The van der Waals surface area contributed by atoms with Gasteiger partial charge in [0.1, 0.15) is 12.0 Å². The van der Waals surface area contributed by atoms with Crippen molar-refractivity contribution < 1.29 is 27.5 Å². The fourth-order valence-electron chi connectivity index (χ4n) is 4.78. The number of nitrogens with two attached hydrogens (primary N) is 1. The van der Waals surface area contributed by atoms with E-state index in [1.54, 1.807) is 49.2 Å². The van der Waals surface area contributed by atoms with Crippen LogP contribution in [0.1, 0.15) is 52.0 Å². The maximum atomic E-state index is 13.9. The lowest BCUT2D eigenvalue weighted by Crippen LogP contribution is -2.27. The molecule has 3 aromatic carbocycles. The molecular formula is C32H34N4O6S. The summed E-state index contributed by atoms with van der Waals surface area (Å²) in [6.45, 7) is 2.22. The summed E-state index contributed by atoms with van der Waals surface area (Å²) >= 11 is 0. The minimum atomic E-state index is -4.09. The van der Waals surface area contributed by atoms with Crippen molar-refractivity contribution in [3.05, 3.63) is 83.6 Å². The molecule has 0 saturated heterocycles. The van der Waals surface area contributed by atoms with Crippen molar-refractivity contribution in [2.24, 2.45) is 5.73 Å². The number of fused-ring (bicyclic) bond motifs is 1. The predicted molar refractivity (Wildman–Crippen MR) is 165 cm³/mol. The van der Waals surface area contributed by atoms with Crippen LogP contribution in [0.3, 0.4) is 0 Å². The number of amides is 2. The number of primary amides is 1. The van der Waals surface area contributed by atoms with Gasteiger partial charge in [0.25, 0.3) is 11.8 Å². The molecule has 0 aliphatic heterocycles. The van der Waals surface area contributed by atoms with E-state index in [-0.39, 0.29) is 26.8 Å². The molecule has 0 unspecified atom stereocenters. The molecular weight excluding hydrogens is 568 g/mol. The zero-order valence-corrected chi connectivity index (χ0v) is 25.1. The first-order valence-corrected chi connectivity index (χ1v) is 15.2. The molecule has 3 N–H and O–H groups in total. The highest BCUT2D eigenvalue weighted by molar-refractivity contribution is 7.91. The molecule has 11 heteroatoms. The fraction of sp³-hybridized carbons (Fsp3) is 0.250. The number of aryl methyl sites for hydroxylation is 1. The number of pyridine rings is 1. The number of sulfone groups is 1. The lowest BCUT2D eigenvalue weighted by molar-refractivity contribution is -0.107. The molecule has 1 aromatic heterocycles. The van der Waals surface area contributed by atoms with Gasteiger partial charge < -0.3 is 25.5 Å². The van der Waals surface area contributed by atoms with E-state index in [0.717, 1.165) is 25.5 Å². The second-order valence-electron chi connectivity index (χ2n) is 10.2. The number of carbonyl (C=O) groups excluding carboxylic acids is 3. The van der Waals surface area contributed by atoms with E-state index in [2.05, 4.69) is 10.3 Å². The van der Waals surface area contributed by atoms with Gasteiger partial charge >= 0.3 is 0 Å². The number of nitrogens with one attached hydrogen (secondary N) is 1. The van der Waals surface area contributed by atoms with Crippen LogP contribution in [0.15, 0.2) is 76.7 Å². The molecule has 43 heavy (non-hydrogen) atoms. The van der Waals surface area contributed by atoms with E-state index in [1.165, 1.54) is 43.6 Å². The molecule has 10 nitrogen and oxygen atoms in total. The van der Waals surface area contributed by atoms with Gasteiger partial charge in [-0.15, -0.1) is 0 Å². The molecule has 2 amide bonds. The third kappa shape index (κ3) is 7.00. The van der Waals surface area contributed by atoms with Gasteiger partial charge in [0, 0.05) is 48.9 Å². The summed E-state index contributed by atoms with van der Waals surface area (Å²) in [6.07, 6.45) is 5.04. The van der Waals surface area contributed by atoms with Crippen LogP contribution in [-0.2, 0) is 14.6 Å². The molecule has 4 rings (SSSR count). The van der Waals surface area contributed by atoms with Gasteiger partial charge in [0.15, 0.2) is 0 Å². The van der Waals surface area contributed by atoms with Gasteiger partial charge in [0.05, 0.1) is 33.7 Å². The van der Waals surface area contributed by atoms with Crippen LogP contribution in [0.5, 0.6) is 5.75 Å². The fourth-order valence-corrected chi connectivity index (χ4v) is 6.19. The Hall–Kier alpha value is -4.77. The molecule has 0 radical (unpaired) electrons. The van der Waals surface area contributed by atoms with Gasteiger partial charge in [0.2, 0.25) is 9.84 Å². The van der Waals surface area contributed by atoms with Gasteiger partial charge in [-0.1, -0.05) is 18.6 Å². The number of hydrogen-bond donors (Lipinski definition) is 2. The van der Waals surface area contributed by atoms with Crippen molar-refractivity contribution in [1.82, 2.24) is 9.88 Å². The number of anilines is 2. The number of carbonyl (C=O) groups is 3. The summed E-state index contributed by atoms with van der Waals surface area (Å²) in [7, 11) is -0.891. The van der Waals surface area contributed by atoms with Gasteiger partial charge in [-0.3, -0.25) is 14.6 Å². The quantitative estimate of drug-likeness (QED) is 0.159. The van der Waals surface area contributed by atoms with Crippen LogP contribution in [0, 0.1) is 6.92 Å². The van der Waals surface area contributed by atoms with Crippen molar-refractivity contribution in [1.29, 1.82) is 0 Å². The largest absolute Gasteiger partial charge is 0.497 e. The number of aldehydes is 1. The maximum absolute atomic E-state index is 13.9. The van der Waals surface area contributed by atoms with Crippen molar-refractivity contribution in [2.75, 3.05) is 26.0 Å². The third-order valence-electron chi connectivity index (χ3n) is 7.10. The molecule has 0 bridgehead atoms. The average molecular weight is 603 g/mol. The number of aromatic nitrogens is 1. The van der Waals surface area contributed by atoms with E-state index >= 15 is 0 Å². The zero-order valence-electron chi connectivity index (χ0n) is 24.3. The number of rotatable bonds is 13. The highest BCUT2D eigenvalue weighted by Gasteiger charge is 2.24. The molecule has 0 saturated carbocycles. The Balaban J connectivity index is 1.73. The smallest absolute Gasteiger partial charge is 0.253 e. The van der Waals surface area contributed by atoms with Gasteiger partial charge in [-0.2, -0.15) is 0 Å². The highest BCUT2D eigenvalue weighted by atomic mass is 32.2. The lowest BCUT2D eigenvalue weighted by Gasteiger charge is -2.18. The Labute approximate surface area is 250 Å². The number of benzene rings is 3. The van der Waals surface area contributed by atoms with Crippen LogP contribution in [0.2, 0.25) is 0 Å². The normalized spacial score (nSPS) is 11.2. The first-order valence-electron chi connectivity index (χ1n) is 13.7. The SMILES string of the molecule is COc1cccc(Nc2c(C(N)=O)cnc3c(C)cc(S(=O)(=O)c4cccc(C(=O)N(C)CCCCCC=O)c4)cc23)c1. The minimum Gasteiger partial charge on any atom is -0.497 e. The third-order valence-corrected chi connectivity index (χ3v) is 8.83. The summed E-state index contributed by atoms with van der Waals surface area (Å²) in [5.41, 5.74) is 7.98. The first-order chi connectivity index (χ1) is 20.6. The number of methoxy groups -OCH3 is 1. The maximum Gasteiger partial charge on any atom is 0.253 e. The second kappa shape index (κ2) is 13.5. The average Bonchev–Trinajstić information content (AvgIpc) is 3.00. The summed E-state index contributed by atoms with van der Waals surface area (Å²) < 4.78 is 33.1. The molecule has 0 aliphatic rings. The van der Waals surface area contributed by atoms with Crippen molar-refractivity contribution in [3.8, 4) is 5.75 Å². The zero-order chi connectivity index (χ0) is 31.1. The van der Waals surface area contributed by atoms with E-state index < -0.39 is 15.7 Å². The number of unbranched alkanes of at least 4 members (excludes halogenated alkanes) is 3. The van der Waals surface area contributed by atoms with Crippen LogP contribution in [0.4, 0.5) is 11.4 Å². The van der Waals surface area contributed by atoms with E-state index in [0.29, 0.717) is 46.6 Å². The summed E-state index contributed by atoms with van der Waals surface area (Å²) in [6, 6.07) is 16.0. The lowest BCUT2D eigenvalue weighted by atomic mass is 10.1. The summed E-state index contributed by atoms with van der Waals surface area (Å²) in [5, 5.41) is 3.59. The van der Waals surface area contributed by atoms with E-state index in [1.807, 2.05) is 0 Å². The van der Waals surface area contributed by atoms with Crippen molar-refractivity contribution >= 4 is 50.2 Å². The Morgan fingerprint density at radius 1 is 1.02 bits per heavy atom. The van der Waals surface area contributed by atoms with Crippen molar-refractivity contribution in [2.45, 2.75) is 42.4 Å². The Bertz CT molecular complexity index is 1790. The van der Waals surface area contributed by atoms with Crippen LogP contribution >= 0.6 is 0 Å². The highest BCUT2D eigenvalue weighted by Crippen LogP contribution is 2.35. The molecule has 0 atom stereocenters. The van der Waals surface area contributed by atoms with Crippen LogP contribution in [0.25, 0.3) is 10.9 Å². The number of nitrogens with zero attached hydrogens (tertiary/aromatic N) is 2. The molecule has 4 aromatic rings. The minimum absolute atomic E-state index is 0.0252. The van der Waals surface area contributed by atoms with E-state index in [4.69, 9.17) is 10.5 Å².